The maximum absolute atomic E-state index is 12.8. The van der Waals surface area contributed by atoms with E-state index in [1.165, 1.54) is 0 Å². The Hall–Kier alpha value is -2.32. The lowest BCUT2D eigenvalue weighted by molar-refractivity contribution is -0.137. The van der Waals surface area contributed by atoms with Crippen molar-refractivity contribution in [2.24, 2.45) is 0 Å². The van der Waals surface area contributed by atoms with E-state index in [9.17, 15) is 31.1 Å². The number of H-pyrrole nitrogens is 1. The molecule has 0 aliphatic heterocycles. The first-order valence-electron chi connectivity index (χ1n) is 5.42. The molecule has 2 aromatic rings. The summed E-state index contributed by atoms with van der Waals surface area (Å²) in [6.45, 7) is 0. The highest BCUT2D eigenvalue weighted by atomic mass is 19.4. The number of pyridine rings is 2. The zero-order valence-electron chi connectivity index (χ0n) is 10.0. The van der Waals surface area contributed by atoms with E-state index < -0.39 is 40.3 Å². The van der Waals surface area contributed by atoms with Crippen molar-refractivity contribution in [2.45, 2.75) is 12.4 Å². The normalized spacial score (nSPS) is 12.5. The molecule has 0 spiro atoms. The van der Waals surface area contributed by atoms with Gasteiger partial charge in [-0.25, -0.2) is 0 Å². The molecule has 0 amide bonds. The van der Waals surface area contributed by atoms with Crippen molar-refractivity contribution in [1.82, 2.24) is 9.97 Å². The molecule has 0 aliphatic rings. The Bertz CT molecular complexity index is 717. The molecule has 0 fully saturated rings. The predicted octanol–water partition coefficient (Wildman–Crippen LogP) is 3.47. The third kappa shape index (κ3) is 3.23. The number of hydrogen-bond acceptors (Lipinski definition) is 2. The van der Waals surface area contributed by atoms with Gasteiger partial charge in [-0.2, -0.15) is 26.3 Å². The summed E-state index contributed by atoms with van der Waals surface area (Å²) in [6, 6.07) is 1.33. The number of nitrogens with zero attached hydrogens (tertiary/aromatic N) is 1. The van der Waals surface area contributed by atoms with Crippen LogP contribution in [0.3, 0.4) is 0 Å². The van der Waals surface area contributed by atoms with E-state index in [2.05, 4.69) is 4.98 Å². The van der Waals surface area contributed by atoms with Crippen LogP contribution in [0.15, 0.2) is 35.4 Å². The van der Waals surface area contributed by atoms with Gasteiger partial charge in [0.25, 0.3) is 0 Å². The molecule has 2 rings (SSSR count). The predicted molar refractivity (Wildman–Crippen MR) is 60.3 cm³/mol. The van der Waals surface area contributed by atoms with Gasteiger partial charge in [0.2, 0.25) is 5.56 Å². The molecule has 9 heteroatoms. The molecule has 2 heterocycles. The number of aromatic nitrogens is 2. The summed E-state index contributed by atoms with van der Waals surface area (Å²) < 4.78 is 76.3. The molecule has 0 aromatic carbocycles. The largest absolute Gasteiger partial charge is 0.417 e. The standard InChI is InChI=1S/C12H6F6N2O/c13-11(14,15)6-3-9(20-10(21)4-6)7-5-19-2-1-8(7)12(16,17)18/h1-5H,(H,20,21). The molecule has 0 atom stereocenters. The van der Waals surface area contributed by atoms with Crippen LogP contribution in [0.2, 0.25) is 0 Å². The number of rotatable bonds is 1. The second-order valence-electron chi connectivity index (χ2n) is 4.06. The Morgan fingerprint density at radius 2 is 1.67 bits per heavy atom. The van der Waals surface area contributed by atoms with Crippen LogP contribution in [0.4, 0.5) is 26.3 Å². The summed E-state index contributed by atoms with van der Waals surface area (Å²) in [4.78, 5) is 16.6. The Kier molecular flexibility index (Phi) is 3.52. The summed E-state index contributed by atoms with van der Waals surface area (Å²) in [5.74, 6) is 0. The summed E-state index contributed by atoms with van der Waals surface area (Å²) >= 11 is 0. The van der Waals surface area contributed by atoms with E-state index in [0.29, 0.717) is 12.1 Å². The van der Waals surface area contributed by atoms with Crippen molar-refractivity contribution in [3.05, 3.63) is 52.1 Å². The average molecular weight is 308 g/mol. The molecule has 0 bridgehead atoms. The van der Waals surface area contributed by atoms with Crippen molar-refractivity contribution < 1.29 is 26.3 Å². The van der Waals surface area contributed by atoms with Gasteiger partial charge < -0.3 is 4.98 Å². The molecule has 0 aliphatic carbocycles. The highest BCUT2D eigenvalue weighted by Crippen LogP contribution is 2.37. The minimum atomic E-state index is -4.84. The lowest BCUT2D eigenvalue weighted by Gasteiger charge is -2.13. The van der Waals surface area contributed by atoms with Gasteiger partial charge in [-0.3, -0.25) is 9.78 Å². The van der Waals surface area contributed by atoms with Crippen LogP contribution in [0, 0.1) is 0 Å². The van der Waals surface area contributed by atoms with Crippen molar-refractivity contribution in [2.75, 3.05) is 0 Å². The summed E-state index contributed by atoms with van der Waals surface area (Å²) in [5.41, 5.74) is -4.91. The summed E-state index contributed by atoms with van der Waals surface area (Å²) in [7, 11) is 0. The first kappa shape index (κ1) is 15.1. The van der Waals surface area contributed by atoms with E-state index in [0.717, 1.165) is 12.4 Å². The topological polar surface area (TPSA) is 45.8 Å². The molecule has 0 saturated carbocycles. The van der Waals surface area contributed by atoms with Gasteiger partial charge in [0, 0.05) is 24.0 Å². The fourth-order valence-corrected chi connectivity index (χ4v) is 1.71. The Morgan fingerprint density at radius 3 is 2.24 bits per heavy atom. The summed E-state index contributed by atoms with van der Waals surface area (Å²) in [6.07, 6.45) is -8.03. The quantitative estimate of drug-likeness (QED) is 0.820. The van der Waals surface area contributed by atoms with Gasteiger partial charge >= 0.3 is 12.4 Å². The maximum Gasteiger partial charge on any atom is 0.417 e. The SMILES string of the molecule is O=c1cc(C(F)(F)F)cc(-c2cnccc2C(F)(F)F)[nH]1. The molecular weight excluding hydrogens is 302 g/mol. The molecule has 3 nitrogen and oxygen atoms in total. The zero-order valence-corrected chi connectivity index (χ0v) is 10.0. The van der Waals surface area contributed by atoms with E-state index in [-0.39, 0.29) is 6.07 Å². The highest BCUT2D eigenvalue weighted by Gasteiger charge is 2.35. The Morgan fingerprint density at radius 1 is 1.00 bits per heavy atom. The van der Waals surface area contributed by atoms with Gasteiger partial charge in [0.1, 0.15) is 0 Å². The van der Waals surface area contributed by atoms with Gasteiger partial charge in [-0.05, 0) is 12.1 Å². The minimum Gasteiger partial charge on any atom is -0.322 e. The third-order valence-corrected chi connectivity index (χ3v) is 2.59. The van der Waals surface area contributed by atoms with Crippen molar-refractivity contribution in [3.8, 4) is 11.3 Å². The first-order valence-corrected chi connectivity index (χ1v) is 5.42. The molecule has 2 aromatic heterocycles. The van der Waals surface area contributed by atoms with Gasteiger partial charge in [-0.1, -0.05) is 0 Å². The van der Waals surface area contributed by atoms with E-state index in [1.54, 1.807) is 0 Å². The Balaban J connectivity index is 2.69. The minimum absolute atomic E-state index is 0.271. The zero-order chi connectivity index (χ0) is 15.8. The molecular formula is C12H6F6N2O. The van der Waals surface area contributed by atoms with Crippen LogP contribution in [0.25, 0.3) is 11.3 Å². The van der Waals surface area contributed by atoms with E-state index in [1.807, 2.05) is 4.98 Å². The second-order valence-corrected chi connectivity index (χ2v) is 4.06. The van der Waals surface area contributed by atoms with Crippen LogP contribution in [-0.4, -0.2) is 9.97 Å². The molecule has 0 radical (unpaired) electrons. The Labute approximate surface area is 113 Å². The lowest BCUT2D eigenvalue weighted by atomic mass is 10.0. The van der Waals surface area contributed by atoms with Crippen molar-refractivity contribution in [1.29, 1.82) is 0 Å². The second kappa shape index (κ2) is 4.90. The molecule has 112 valence electrons. The fourth-order valence-electron chi connectivity index (χ4n) is 1.71. The number of halogens is 6. The smallest absolute Gasteiger partial charge is 0.322 e. The van der Waals surface area contributed by atoms with Crippen LogP contribution < -0.4 is 5.56 Å². The maximum atomic E-state index is 12.8. The van der Waals surface area contributed by atoms with Gasteiger partial charge in [-0.15, -0.1) is 0 Å². The molecule has 21 heavy (non-hydrogen) atoms. The summed E-state index contributed by atoms with van der Waals surface area (Å²) in [5, 5.41) is 0. The number of alkyl halides is 6. The monoisotopic (exact) mass is 308 g/mol. The van der Waals surface area contributed by atoms with Crippen LogP contribution in [0.5, 0.6) is 0 Å². The number of hydrogen-bond donors (Lipinski definition) is 1. The number of aromatic amines is 1. The molecule has 0 unspecified atom stereocenters. The van der Waals surface area contributed by atoms with Crippen LogP contribution in [-0.2, 0) is 12.4 Å². The van der Waals surface area contributed by atoms with E-state index in [4.69, 9.17) is 0 Å². The number of nitrogens with one attached hydrogen (secondary N) is 1. The van der Waals surface area contributed by atoms with Crippen LogP contribution in [0.1, 0.15) is 11.1 Å². The van der Waals surface area contributed by atoms with Gasteiger partial charge in [0.15, 0.2) is 0 Å². The highest BCUT2D eigenvalue weighted by molar-refractivity contribution is 5.63. The van der Waals surface area contributed by atoms with Crippen molar-refractivity contribution in [3.63, 3.8) is 0 Å². The lowest BCUT2D eigenvalue weighted by Crippen LogP contribution is -2.15. The van der Waals surface area contributed by atoms with Crippen LogP contribution >= 0.6 is 0 Å². The van der Waals surface area contributed by atoms with Crippen molar-refractivity contribution >= 4 is 0 Å². The van der Waals surface area contributed by atoms with E-state index >= 15 is 0 Å². The average Bonchev–Trinajstić information content (AvgIpc) is 2.36. The molecule has 0 saturated heterocycles. The molecule has 1 N–H and O–H groups in total. The fraction of sp³-hybridized carbons (Fsp3) is 0.167. The van der Waals surface area contributed by atoms with Gasteiger partial charge in [0.05, 0.1) is 16.8 Å². The first-order chi connectivity index (χ1) is 9.59. The third-order valence-electron chi connectivity index (χ3n) is 2.59.